The number of carbonyl (C=O) groups excluding carboxylic acids is 2. The van der Waals surface area contributed by atoms with Gasteiger partial charge in [-0.1, -0.05) is 61.9 Å². The fourth-order valence-electron chi connectivity index (χ4n) is 4.05. The molecule has 0 aliphatic heterocycles. The van der Waals surface area contributed by atoms with E-state index in [4.69, 9.17) is 0 Å². The lowest BCUT2D eigenvalue weighted by Gasteiger charge is -2.20. The molecule has 1 fully saturated rings. The monoisotopic (exact) mass is 447 g/mol. The van der Waals surface area contributed by atoms with Gasteiger partial charge in [-0.15, -0.1) is 0 Å². The van der Waals surface area contributed by atoms with E-state index >= 15 is 0 Å². The van der Waals surface area contributed by atoms with Gasteiger partial charge in [-0.25, -0.2) is 0 Å². The Morgan fingerprint density at radius 3 is 2.44 bits per heavy atom. The van der Waals surface area contributed by atoms with Crippen molar-refractivity contribution >= 4 is 34.2 Å². The highest BCUT2D eigenvalue weighted by Crippen LogP contribution is 2.25. The third-order valence-corrected chi connectivity index (χ3v) is 6.84. The smallest absolute Gasteiger partial charge is 0.264 e. The van der Waals surface area contributed by atoms with E-state index in [1.165, 1.54) is 22.7 Å². The summed E-state index contributed by atoms with van der Waals surface area (Å²) in [5.41, 5.74) is 4.23. The first kappa shape index (κ1) is 22.2. The topological polar surface area (TPSA) is 71.1 Å². The van der Waals surface area contributed by atoms with E-state index in [0.717, 1.165) is 42.1 Å². The Morgan fingerprint density at radius 1 is 1.03 bits per heavy atom. The second-order valence-corrected chi connectivity index (χ2v) is 9.40. The molecule has 1 aliphatic rings. The summed E-state index contributed by atoms with van der Waals surface area (Å²) in [6, 6.07) is 15.5. The number of hydrogen-bond acceptors (Lipinski definition) is 4. The average molecular weight is 448 g/mol. The minimum atomic E-state index is -0.337. The lowest BCUT2D eigenvalue weighted by molar-refractivity contribution is -0.116. The highest BCUT2D eigenvalue weighted by molar-refractivity contribution is 7.09. The first-order chi connectivity index (χ1) is 15.5. The summed E-state index contributed by atoms with van der Waals surface area (Å²) in [6.07, 6.45) is 6.04. The summed E-state index contributed by atoms with van der Waals surface area (Å²) in [5.74, 6) is 0.159. The van der Waals surface area contributed by atoms with Crippen molar-refractivity contribution < 1.29 is 9.59 Å². The van der Waals surface area contributed by atoms with Gasteiger partial charge in [-0.2, -0.15) is 4.37 Å². The standard InChI is InChI=1S/C26H29N3O2S/c1-17(2)19-11-13-20(14-12-19)23(16-27-24(30)15-18-7-3-4-8-18)28-26(31)25-21-9-5-6-10-22(21)29-32-25/h5-6,9-15,17,23H,3-4,7-8,16H2,1-2H3,(H,27,30)(H,28,31). The molecule has 1 aliphatic carbocycles. The molecule has 0 spiro atoms. The zero-order chi connectivity index (χ0) is 22.5. The lowest BCUT2D eigenvalue weighted by atomic mass is 9.99. The Labute approximate surface area is 193 Å². The van der Waals surface area contributed by atoms with E-state index < -0.39 is 0 Å². The van der Waals surface area contributed by atoms with E-state index in [1.807, 2.05) is 36.4 Å². The number of hydrogen-bond donors (Lipinski definition) is 2. The van der Waals surface area contributed by atoms with Crippen LogP contribution in [-0.2, 0) is 4.79 Å². The molecule has 6 heteroatoms. The third-order valence-electron chi connectivity index (χ3n) is 5.96. The lowest BCUT2D eigenvalue weighted by Crippen LogP contribution is -2.37. The molecule has 2 aromatic carbocycles. The molecular weight excluding hydrogens is 418 g/mol. The Morgan fingerprint density at radius 2 is 1.72 bits per heavy atom. The van der Waals surface area contributed by atoms with E-state index in [-0.39, 0.29) is 17.9 Å². The highest BCUT2D eigenvalue weighted by Gasteiger charge is 2.20. The first-order valence-corrected chi connectivity index (χ1v) is 12.0. The predicted octanol–water partition coefficient (Wildman–Crippen LogP) is 5.51. The fourth-order valence-corrected chi connectivity index (χ4v) is 4.82. The van der Waals surface area contributed by atoms with Gasteiger partial charge >= 0.3 is 0 Å². The third kappa shape index (κ3) is 5.25. The van der Waals surface area contributed by atoms with Gasteiger partial charge in [0.15, 0.2) is 0 Å². The van der Waals surface area contributed by atoms with Crippen molar-refractivity contribution in [3.05, 3.63) is 76.2 Å². The summed E-state index contributed by atoms with van der Waals surface area (Å²) in [5, 5.41) is 6.96. The SMILES string of the molecule is CC(C)c1ccc(C(CNC(=O)C=C2CCCC2)NC(=O)c2snc3ccccc23)cc1. The second kappa shape index (κ2) is 10.1. The quantitative estimate of drug-likeness (QED) is 0.469. The number of nitrogens with zero attached hydrogens (tertiary/aromatic N) is 1. The molecule has 166 valence electrons. The van der Waals surface area contributed by atoms with Crippen LogP contribution in [0.15, 0.2) is 60.2 Å². The van der Waals surface area contributed by atoms with E-state index in [0.29, 0.717) is 17.3 Å². The number of fused-ring (bicyclic) bond motifs is 1. The molecular formula is C26H29N3O2S. The molecule has 4 rings (SSSR count). The molecule has 32 heavy (non-hydrogen) atoms. The summed E-state index contributed by atoms with van der Waals surface area (Å²) in [4.78, 5) is 26.2. The maximum Gasteiger partial charge on any atom is 0.264 e. The van der Waals surface area contributed by atoms with Crippen molar-refractivity contribution in [3.63, 3.8) is 0 Å². The second-order valence-electron chi connectivity index (χ2n) is 8.63. The van der Waals surface area contributed by atoms with Gasteiger partial charge in [0.25, 0.3) is 5.91 Å². The number of carbonyl (C=O) groups is 2. The van der Waals surface area contributed by atoms with Crippen LogP contribution >= 0.6 is 11.5 Å². The van der Waals surface area contributed by atoms with Crippen molar-refractivity contribution in [2.24, 2.45) is 0 Å². The van der Waals surface area contributed by atoms with Crippen LogP contribution in [0.25, 0.3) is 10.9 Å². The zero-order valence-corrected chi connectivity index (χ0v) is 19.4. The molecule has 2 amide bonds. The van der Waals surface area contributed by atoms with Crippen molar-refractivity contribution in [2.45, 2.75) is 51.5 Å². The Kier molecular flexibility index (Phi) is 7.00. The van der Waals surface area contributed by atoms with Crippen LogP contribution in [0.4, 0.5) is 0 Å². The van der Waals surface area contributed by atoms with Crippen LogP contribution in [0.5, 0.6) is 0 Å². The van der Waals surface area contributed by atoms with Gasteiger partial charge in [0, 0.05) is 18.0 Å². The fraction of sp³-hybridized carbons (Fsp3) is 0.346. The van der Waals surface area contributed by atoms with Crippen molar-refractivity contribution in [1.82, 2.24) is 15.0 Å². The Balaban J connectivity index is 1.53. The average Bonchev–Trinajstić information content (AvgIpc) is 3.46. The molecule has 5 nitrogen and oxygen atoms in total. The van der Waals surface area contributed by atoms with E-state index in [1.54, 1.807) is 6.08 Å². The zero-order valence-electron chi connectivity index (χ0n) is 18.6. The number of rotatable bonds is 7. The van der Waals surface area contributed by atoms with Crippen molar-refractivity contribution in [3.8, 4) is 0 Å². The predicted molar refractivity (Wildman–Crippen MR) is 130 cm³/mol. The highest BCUT2D eigenvalue weighted by atomic mass is 32.1. The summed E-state index contributed by atoms with van der Waals surface area (Å²) in [6.45, 7) is 4.63. The molecule has 0 radical (unpaired) electrons. The van der Waals surface area contributed by atoms with Gasteiger partial charge in [0.1, 0.15) is 4.88 Å². The molecule has 1 unspecified atom stereocenters. The molecule has 0 bridgehead atoms. The summed E-state index contributed by atoms with van der Waals surface area (Å²) >= 11 is 1.20. The van der Waals surface area contributed by atoms with Crippen LogP contribution < -0.4 is 10.6 Å². The van der Waals surface area contributed by atoms with Crippen molar-refractivity contribution in [2.75, 3.05) is 6.54 Å². The first-order valence-electron chi connectivity index (χ1n) is 11.2. The summed E-state index contributed by atoms with van der Waals surface area (Å²) in [7, 11) is 0. The van der Waals surface area contributed by atoms with Crippen molar-refractivity contribution in [1.29, 1.82) is 0 Å². The Bertz CT molecular complexity index is 1120. The molecule has 1 heterocycles. The van der Waals surface area contributed by atoms with Crippen LogP contribution in [0, 0.1) is 0 Å². The number of benzene rings is 2. The summed E-state index contributed by atoms with van der Waals surface area (Å²) < 4.78 is 4.39. The largest absolute Gasteiger partial charge is 0.350 e. The molecule has 0 saturated heterocycles. The van der Waals surface area contributed by atoms with Crippen LogP contribution in [0.1, 0.15) is 72.3 Å². The van der Waals surface area contributed by atoms with Crippen LogP contribution in [0.2, 0.25) is 0 Å². The molecule has 1 atom stereocenters. The van der Waals surface area contributed by atoms with E-state index in [9.17, 15) is 9.59 Å². The minimum absolute atomic E-state index is 0.0943. The normalized spacial score (nSPS) is 14.5. The number of amides is 2. The van der Waals surface area contributed by atoms with Gasteiger partial charge in [0.2, 0.25) is 5.91 Å². The number of nitrogens with one attached hydrogen (secondary N) is 2. The maximum absolute atomic E-state index is 13.1. The van der Waals surface area contributed by atoms with Gasteiger partial charge < -0.3 is 10.6 Å². The molecule has 2 N–H and O–H groups in total. The van der Waals surface area contributed by atoms with Crippen LogP contribution in [0.3, 0.4) is 0 Å². The maximum atomic E-state index is 13.1. The number of allylic oxidation sites excluding steroid dienone is 1. The number of aromatic nitrogens is 1. The van der Waals surface area contributed by atoms with E-state index in [2.05, 4.69) is 41.0 Å². The van der Waals surface area contributed by atoms with Gasteiger partial charge in [-0.3, -0.25) is 9.59 Å². The van der Waals surface area contributed by atoms with Gasteiger partial charge in [-0.05, 0) is 60.3 Å². The molecule has 3 aromatic rings. The molecule has 1 aromatic heterocycles. The van der Waals surface area contributed by atoms with Crippen LogP contribution in [-0.4, -0.2) is 22.7 Å². The Hall–Kier alpha value is -2.99. The molecule has 1 saturated carbocycles. The van der Waals surface area contributed by atoms with Gasteiger partial charge in [0.05, 0.1) is 11.6 Å². The minimum Gasteiger partial charge on any atom is -0.350 e.